The van der Waals surface area contributed by atoms with Gasteiger partial charge >= 0.3 is 0 Å². The van der Waals surface area contributed by atoms with E-state index in [0.29, 0.717) is 6.42 Å². The molecule has 1 rings (SSSR count). The summed E-state index contributed by atoms with van der Waals surface area (Å²) < 4.78 is 0. The first-order valence-electron chi connectivity index (χ1n) is 3.29. The Balaban J connectivity index is 2.35. The molecule has 0 N–H and O–H groups in total. The number of aryl methyl sites for hydroxylation is 1. The average molecular weight is 154 g/mol. The van der Waals surface area contributed by atoms with Crippen LogP contribution in [0.5, 0.6) is 0 Å². The van der Waals surface area contributed by atoms with Crippen LogP contribution < -0.4 is 0 Å². The standard InChI is InChI=1S/C8H10OS/c1-7(9)2-3-8-4-5-10-6-8/h4-6H,2-3H2,1H3. The molecular formula is C8H10OS. The first-order chi connectivity index (χ1) is 4.79. The third kappa shape index (κ3) is 2.31. The molecule has 0 bridgehead atoms. The Morgan fingerprint density at radius 2 is 2.50 bits per heavy atom. The zero-order valence-corrected chi connectivity index (χ0v) is 6.78. The second kappa shape index (κ2) is 3.52. The van der Waals surface area contributed by atoms with E-state index in [1.807, 2.05) is 5.38 Å². The third-order valence-corrected chi connectivity index (χ3v) is 2.08. The van der Waals surface area contributed by atoms with Gasteiger partial charge in [0.15, 0.2) is 0 Å². The van der Waals surface area contributed by atoms with Gasteiger partial charge in [-0.15, -0.1) is 0 Å². The van der Waals surface area contributed by atoms with E-state index < -0.39 is 0 Å². The smallest absolute Gasteiger partial charge is 0.130 e. The Kier molecular flexibility index (Phi) is 2.63. The number of hydrogen-bond acceptors (Lipinski definition) is 2. The number of carbonyl (C=O) groups excluding carboxylic acids is 1. The van der Waals surface area contributed by atoms with Crippen molar-refractivity contribution < 1.29 is 4.79 Å². The number of hydrogen-bond donors (Lipinski definition) is 0. The first-order valence-corrected chi connectivity index (χ1v) is 4.24. The van der Waals surface area contributed by atoms with E-state index >= 15 is 0 Å². The molecule has 0 radical (unpaired) electrons. The van der Waals surface area contributed by atoms with Gasteiger partial charge in [0.1, 0.15) is 5.78 Å². The summed E-state index contributed by atoms with van der Waals surface area (Å²) in [5.41, 5.74) is 1.28. The monoisotopic (exact) mass is 154 g/mol. The van der Waals surface area contributed by atoms with E-state index in [-0.39, 0.29) is 5.78 Å². The maximum atomic E-state index is 10.5. The lowest BCUT2D eigenvalue weighted by Crippen LogP contribution is -1.91. The molecule has 2 heteroatoms. The van der Waals surface area contributed by atoms with E-state index in [0.717, 1.165) is 6.42 Å². The first kappa shape index (κ1) is 7.48. The van der Waals surface area contributed by atoms with Crippen LogP contribution in [0.2, 0.25) is 0 Å². The molecule has 0 saturated heterocycles. The second-order valence-corrected chi connectivity index (χ2v) is 3.11. The highest BCUT2D eigenvalue weighted by molar-refractivity contribution is 7.07. The van der Waals surface area contributed by atoms with Crippen molar-refractivity contribution in [3.63, 3.8) is 0 Å². The Hall–Kier alpha value is -0.630. The van der Waals surface area contributed by atoms with Crippen LogP contribution in [0, 0.1) is 0 Å². The summed E-state index contributed by atoms with van der Waals surface area (Å²) in [4.78, 5) is 10.5. The van der Waals surface area contributed by atoms with E-state index in [9.17, 15) is 4.79 Å². The van der Waals surface area contributed by atoms with E-state index in [2.05, 4.69) is 11.4 Å². The highest BCUT2D eigenvalue weighted by Crippen LogP contribution is 2.08. The van der Waals surface area contributed by atoms with Crippen LogP contribution in [-0.4, -0.2) is 5.78 Å². The van der Waals surface area contributed by atoms with Crippen molar-refractivity contribution >= 4 is 17.1 Å². The van der Waals surface area contributed by atoms with Gasteiger partial charge in [0.2, 0.25) is 0 Å². The summed E-state index contributed by atoms with van der Waals surface area (Å²) in [6.07, 6.45) is 1.58. The fraction of sp³-hybridized carbons (Fsp3) is 0.375. The highest BCUT2D eigenvalue weighted by atomic mass is 32.1. The van der Waals surface area contributed by atoms with Crippen LogP contribution in [0.4, 0.5) is 0 Å². The maximum absolute atomic E-state index is 10.5. The number of ketones is 1. The zero-order valence-electron chi connectivity index (χ0n) is 5.96. The fourth-order valence-electron chi connectivity index (χ4n) is 0.755. The Bertz CT molecular complexity index is 201. The summed E-state index contributed by atoms with van der Waals surface area (Å²) in [6.45, 7) is 1.63. The van der Waals surface area contributed by atoms with Crippen LogP contribution in [-0.2, 0) is 11.2 Å². The lowest BCUT2D eigenvalue weighted by Gasteiger charge is -1.90. The number of thiophene rings is 1. The topological polar surface area (TPSA) is 17.1 Å². The number of carbonyl (C=O) groups is 1. The molecule has 1 aromatic heterocycles. The number of rotatable bonds is 3. The molecule has 1 aromatic rings. The molecule has 0 fully saturated rings. The molecular weight excluding hydrogens is 144 g/mol. The maximum Gasteiger partial charge on any atom is 0.130 e. The largest absolute Gasteiger partial charge is 0.300 e. The van der Waals surface area contributed by atoms with Gasteiger partial charge < -0.3 is 4.79 Å². The van der Waals surface area contributed by atoms with Gasteiger partial charge in [-0.1, -0.05) is 0 Å². The molecule has 0 unspecified atom stereocenters. The quantitative estimate of drug-likeness (QED) is 0.652. The van der Waals surface area contributed by atoms with Gasteiger partial charge in [-0.25, -0.2) is 0 Å². The summed E-state index contributed by atoms with van der Waals surface area (Å²) in [5, 5.41) is 4.12. The molecule has 0 aromatic carbocycles. The van der Waals surface area contributed by atoms with Crippen LogP contribution in [0.3, 0.4) is 0 Å². The van der Waals surface area contributed by atoms with Crippen molar-refractivity contribution in [2.24, 2.45) is 0 Å². The molecule has 10 heavy (non-hydrogen) atoms. The van der Waals surface area contributed by atoms with Gasteiger partial charge in [0.25, 0.3) is 0 Å². The molecule has 0 aliphatic rings. The fourth-order valence-corrected chi connectivity index (χ4v) is 1.46. The third-order valence-electron chi connectivity index (χ3n) is 1.35. The molecule has 1 heterocycles. The van der Waals surface area contributed by atoms with Gasteiger partial charge in [0.05, 0.1) is 0 Å². The Morgan fingerprint density at radius 3 is 3.00 bits per heavy atom. The van der Waals surface area contributed by atoms with Crippen molar-refractivity contribution in [1.82, 2.24) is 0 Å². The Morgan fingerprint density at radius 1 is 1.70 bits per heavy atom. The molecule has 0 aliphatic carbocycles. The molecule has 0 aliphatic heterocycles. The van der Waals surface area contributed by atoms with E-state index in [1.54, 1.807) is 18.3 Å². The number of Topliss-reactive ketones (excluding diaryl/α,β-unsaturated/α-hetero) is 1. The van der Waals surface area contributed by atoms with Crippen molar-refractivity contribution in [2.45, 2.75) is 19.8 Å². The van der Waals surface area contributed by atoms with Crippen LogP contribution in [0.15, 0.2) is 16.8 Å². The molecule has 0 saturated carbocycles. The summed E-state index contributed by atoms with van der Waals surface area (Å²) in [7, 11) is 0. The van der Waals surface area contributed by atoms with Crippen LogP contribution in [0.25, 0.3) is 0 Å². The molecule has 0 atom stereocenters. The average Bonchev–Trinajstić information content (AvgIpc) is 2.34. The summed E-state index contributed by atoms with van der Waals surface area (Å²) in [5.74, 6) is 0.270. The molecule has 0 amide bonds. The lowest BCUT2D eigenvalue weighted by atomic mass is 10.1. The van der Waals surface area contributed by atoms with Gasteiger partial charge in [-0.3, -0.25) is 0 Å². The minimum atomic E-state index is 0.270. The zero-order chi connectivity index (χ0) is 7.40. The predicted octanol–water partition coefficient (Wildman–Crippen LogP) is 2.27. The second-order valence-electron chi connectivity index (χ2n) is 2.33. The van der Waals surface area contributed by atoms with Crippen molar-refractivity contribution in [2.75, 3.05) is 0 Å². The van der Waals surface area contributed by atoms with E-state index in [1.165, 1.54) is 5.56 Å². The normalized spacial score (nSPS) is 9.70. The lowest BCUT2D eigenvalue weighted by molar-refractivity contribution is -0.116. The summed E-state index contributed by atoms with van der Waals surface area (Å²) in [6, 6.07) is 2.06. The van der Waals surface area contributed by atoms with Gasteiger partial charge in [-0.05, 0) is 35.7 Å². The highest BCUT2D eigenvalue weighted by Gasteiger charge is 1.95. The predicted molar refractivity (Wildman–Crippen MR) is 43.3 cm³/mol. The minimum Gasteiger partial charge on any atom is -0.300 e. The van der Waals surface area contributed by atoms with Crippen LogP contribution in [0.1, 0.15) is 18.9 Å². The summed E-state index contributed by atoms with van der Waals surface area (Å²) >= 11 is 1.68. The van der Waals surface area contributed by atoms with Crippen molar-refractivity contribution in [3.8, 4) is 0 Å². The SMILES string of the molecule is CC(=O)CCc1ccsc1. The van der Waals surface area contributed by atoms with Gasteiger partial charge in [-0.2, -0.15) is 11.3 Å². The molecule has 1 nitrogen and oxygen atoms in total. The minimum absolute atomic E-state index is 0.270. The van der Waals surface area contributed by atoms with Gasteiger partial charge in [0, 0.05) is 6.42 Å². The molecule has 0 spiro atoms. The van der Waals surface area contributed by atoms with Crippen molar-refractivity contribution in [1.29, 1.82) is 0 Å². The molecule has 54 valence electrons. The van der Waals surface area contributed by atoms with Crippen molar-refractivity contribution in [3.05, 3.63) is 22.4 Å². The Labute approximate surface area is 64.7 Å². The van der Waals surface area contributed by atoms with Crippen LogP contribution >= 0.6 is 11.3 Å². The van der Waals surface area contributed by atoms with E-state index in [4.69, 9.17) is 0 Å².